The molecule has 20 heavy (non-hydrogen) atoms. The topological polar surface area (TPSA) is 96.9 Å². The number of anilines is 2. The average Bonchev–Trinajstić information content (AvgIpc) is 3.02. The SMILES string of the molecule is CC(C)c1cc2c(NCc3cn[nH]c3N)nccn2n1. The number of hydrogen-bond acceptors (Lipinski definition) is 5. The average molecular weight is 271 g/mol. The monoisotopic (exact) mass is 271 g/mol. The molecular formula is C13H17N7. The lowest BCUT2D eigenvalue weighted by molar-refractivity contribution is 0.787. The first-order valence-electron chi connectivity index (χ1n) is 6.51. The minimum Gasteiger partial charge on any atom is -0.384 e. The first-order chi connectivity index (χ1) is 9.65. The first kappa shape index (κ1) is 12.5. The Labute approximate surface area is 116 Å². The molecule has 7 nitrogen and oxygen atoms in total. The van der Waals surface area contributed by atoms with Crippen LogP contribution in [0.15, 0.2) is 24.7 Å². The van der Waals surface area contributed by atoms with Crippen molar-refractivity contribution >= 4 is 17.2 Å². The van der Waals surface area contributed by atoms with Crippen molar-refractivity contribution in [2.45, 2.75) is 26.3 Å². The van der Waals surface area contributed by atoms with E-state index in [0.29, 0.717) is 18.3 Å². The lowest BCUT2D eigenvalue weighted by Crippen LogP contribution is -2.04. The third-order valence-electron chi connectivity index (χ3n) is 3.20. The van der Waals surface area contributed by atoms with E-state index < -0.39 is 0 Å². The number of aromatic nitrogens is 5. The number of hydrogen-bond donors (Lipinski definition) is 3. The quantitative estimate of drug-likeness (QED) is 0.672. The molecular weight excluding hydrogens is 254 g/mol. The standard InChI is InChI=1S/C13H17N7/c1-8(2)10-5-11-13(15-3-4-20(11)19-10)16-6-9-7-17-18-12(9)14/h3-5,7-8H,6H2,1-2H3,(H,15,16)(H3,14,17,18). The van der Waals surface area contributed by atoms with Crippen LogP contribution < -0.4 is 11.1 Å². The highest BCUT2D eigenvalue weighted by Gasteiger charge is 2.10. The van der Waals surface area contributed by atoms with Crippen molar-refractivity contribution in [2.24, 2.45) is 0 Å². The molecule has 4 N–H and O–H groups in total. The van der Waals surface area contributed by atoms with Crippen molar-refractivity contribution in [2.75, 3.05) is 11.1 Å². The highest BCUT2D eigenvalue weighted by atomic mass is 15.2. The molecule has 0 bridgehead atoms. The Hall–Kier alpha value is -2.57. The first-order valence-corrected chi connectivity index (χ1v) is 6.51. The van der Waals surface area contributed by atoms with E-state index in [1.54, 1.807) is 12.4 Å². The largest absolute Gasteiger partial charge is 0.384 e. The van der Waals surface area contributed by atoms with Gasteiger partial charge in [-0.15, -0.1) is 0 Å². The number of rotatable bonds is 4. The Kier molecular flexibility index (Phi) is 3.02. The van der Waals surface area contributed by atoms with Gasteiger partial charge < -0.3 is 11.1 Å². The zero-order chi connectivity index (χ0) is 14.1. The van der Waals surface area contributed by atoms with Crippen LogP contribution in [0.5, 0.6) is 0 Å². The van der Waals surface area contributed by atoms with Gasteiger partial charge in [0.2, 0.25) is 0 Å². The van der Waals surface area contributed by atoms with Gasteiger partial charge in [-0.05, 0) is 12.0 Å². The van der Waals surface area contributed by atoms with Crippen LogP contribution >= 0.6 is 0 Å². The number of nitrogens with zero attached hydrogens (tertiary/aromatic N) is 4. The lowest BCUT2D eigenvalue weighted by atomic mass is 10.1. The second-order valence-electron chi connectivity index (χ2n) is 4.99. The minimum atomic E-state index is 0.382. The van der Waals surface area contributed by atoms with Crippen molar-refractivity contribution in [1.82, 2.24) is 24.8 Å². The molecule has 0 atom stereocenters. The van der Waals surface area contributed by atoms with Crippen molar-refractivity contribution in [3.63, 3.8) is 0 Å². The minimum absolute atomic E-state index is 0.382. The van der Waals surface area contributed by atoms with Gasteiger partial charge in [0, 0.05) is 24.5 Å². The summed E-state index contributed by atoms with van der Waals surface area (Å²) in [7, 11) is 0. The lowest BCUT2D eigenvalue weighted by Gasteiger charge is -2.05. The summed E-state index contributed by atoms with van der Waals surface area (Å²) in [6, 6.07) is 2.05. The van der Waals surface area contributed by atoms with Crippen molar-refractivity contribution in [1.29, 1.82) is 0 Å². The maximum Gasteiger partial charge on any atom is 0.152 e. The number of nitrogens with one attached hydrogen (secondary N) is 2. The number of nitrogen functional groups attached to an aromatic ring is 1. The highest BCUT2D eigenvalue weighted by Crippen LogP contribution is 2.20. The van der Waals surface area contributed by atoms with Gasteiger partial charge in [-0.3, -0.25) is 5.10 Å². The number of fused-ring (bicyclic) bond motifs is 1. The van der Waals surface area contributed by atoms with Crippen LogP contribution in [0.2, 0.25) is 0 Å². The van der Waals surface area contributed by atoms with E-state index in [1.165, 1.54) is 0 Å². The number of H-pyrrole nitrogens is 1. The fourth-order valence-electron chi connectivity index (χ4n) is 2.00. The number of aromatic amines is 1. The van der Waals surface area contributed by atoms with Gasteiger partial charge in [-0.25, -0.2) is 9.50 Å². The molecule has 0 fully saturated rings. The molecule has 7 heteroatoms. The van der Waals surface area contributed by atoms with E-state index in [-0.39, 0.29) is 0 Å². The van der Waals surface area contributed by atoms with Crippen molar-refractivity contribution < 1.29 is 0 Å². The molecule has 0 unspecified atom stereocenters. The third kappa shape index (κ3) is 2.18. The highest BCUT2D eigenvalue weighted by molar-refractivity contribution is 5.68. The second kappa shape index (κ2) is 4.84. The maximum atomic E-state index is 5.77. The van der Waals surface area contributed by atoms with E-state index in [9.17, 15) is 0 Å². The molecule has 0 radical (unpaired) electrons. The molecule has 3 heterocycles. The molecule has 0 amide bonds. The van der Waals surface area contributed by atoms with E-state index in [1.807, 2.05) is 10.7 Å². The van der Waals surface area contributed by atoms with E-state index >= 15 is 0 Å². The molecule has 0 aliphatic rings. The molecule has 0 saturated carbocycles. The molecule has 3 aromatic rings. The van der Waals surface area contributed by atoms with Crippen LogP contribution in [0.4, 0.5) is 11.6 Å². The van der Waals surface area contributed by atoms with Crippen LogP contribution in [-0.4, -0.2) is 24.8 Å². The predicted molar refractivity (Wildman–Crippen MR) is 77.4 cm³/mol. The van der Waals surface area contributed by atoms with Crippen molar-refractivity contribution in [3.05, 3.63) is 35.9 Å². The summed E-state index contributed by atoms with van der Waals surface area (Å²) >= 11 is 0. The Morgan fingerprint density at radius 1 is 1.45 bits per heavy atom. The smallest absolute Gasteiger partial charge is 0.152 e. The fourth-order valence-corrected chi connectivity index (χ4v) is 2.00. The maximum absolute atomic E-state index is 5.77. The zero-order valence-corrected chi connectivity index (χ0v) is 11.5. The second-order valence-corrected chi connectivity index (χ2v) is 4.99. The van der Waals surface area contributed by atoms with Gasteiger partial charge in [-0.1, -0.05) is 13.8 Å². The molecule has 0 aliphatic carbocycles. The van der Waals surface area contributed by atoms with Crippen LogP contribution in [0, 0.1) is 0 Å². The summed E-state index contributed by atoms with van der Waals surface area (Å²) in [5.74, 6) is 1.74. The zero-order valence-electron chi connectivity index (χ0n) is 11.5. The van der Waals surface area contributed by atoms with Crippen LogP contribution in [-0.2, 0) is 6.54 Å². The molecule has 0 saturated heterocycles. The van der Waals surface area contributed by atoms with E-state index in [4.69, 9.17) is 5.73 Å². The molecule has 0 spiro atoms. The van der Waals surface area contributed by atoms with Crippen molar-refractivity contribution in [3.8, 4) is 0 Å². The van der Waals surface area contributed by atoms with Gasteiger partial charge in [-0.2, -0.15) is 10.2 Å². The van der Waals surface area contributed by atoms with E-state index in [2.05, 4.69) is 45.5 Å². The van der Waals surface area contributed by atoms with Gasteiger partial charge in [0.15, 0.2) is 5.82 Å². The summed E-state index contributed by atoms with van der Waals surface area (Å²) in [5, 5.41) is 14.4. The molecule has 3 aromatic heterocycles. The van der Waals surface area contributed by atoms with Crippen LogP contribution in [0.25, 0.3) is 5.52 Å². The molecule has 0 aliphatic heterocycles. The third-order valence-corrected chi connectivity index (χ3v) is 3.20. The normalized spacial score (nSPS) is 11.3. The van der Waals surface area contributed by atoms with Gasteiger partial charge in [0.25, 0.3) is 0 Å². The van der Waals surface area contributed by atoms with Gasteiger partial charge >= 0.3 is 0 Å². The molecule has 0 aromatic carbocycles. The van der Waals surface area contributed by atoms with E-state index in [0.717, 1.165) is 22.6 Å². The summed E-state index contributed by atoms with van der Waals surface area (Å²) in [6.07, 6.45) is 5.28. The summed E-state index contributed by atoms with van der Waals surface area (Å²) in [4.78, 5) is 4.37. The fraction of sp³-hybridized carbons (Fsp3) is 0.308. The summed E-state index contributed by atoms with van der Waals surface area (Å²) in [6.45, 7) is 4.81. The summed E-state index contributed by atoms with van der Waals surface area (Å²) in [5.41, 5.74) is 8.68. The Morgan fingerprint density at radius 2 is 2.30 bits per heavy atom. The molecule has 3 rings (SSSR count). The van der Waals surface area contributed by atoms with Crippen LogP contribution in [0.1, 0.15) is 31.0 Å². The molecule has 104 valence electrons. The predicted octanol–water partition coefficient (Wildman–Crippen LogP) is 1.77. The summed E-state index contributed by atoms with van der Waals surface area (Å²) < 4.78 is 1.84. The van der Waals surface area contributed by atoms with Crippen LogP contribution in [0.3, 0.4) is 0 Å². The number of nitrogens with two attached hydrogens (primary N) is 1. The van der Waals surface area contributed by atoms with Gasteiger partial charge in [0.1, 0.15) is 11.3 Å². The Bertz CT molecular complexity index is 725. The Balaban J connectivity index is 1.89. The Morgan fingerprint density at radius 3 is 3.00 bits per heavy atom. The van der Waals surface area contributed by atoms with Gasteiger partial charge in [0.05, 0.1) is 11.9 Å².